The number of rotatable bonds is 7. The van der Waals surface area contributed by atoms with E-state index in [-0.39, 0.29) is 18.2 Å². The predicted molar refractivity (Wildman–Crippen MR) is 66.3 cm³/mol. The number of carbonyl (C=O) groups excluding carboxylic acids is 2. The summed E-state index contributed by atoms with van der Waals surface area (Å²) in [7, 11) is 0. The topological polar surface area (TPSA) is 107 Å². The van der Waals surface area contributed by atoms with Gasteiger partial charge in [0, 0.05) is 20.0 Å². The third kappa shape index (κ3) is 5.25. The molecule has 1 aliphatic rings. The molecule has 0 saturated carbocycles. The summed E-state index contributed by atoms with van der Waals surface area (Å²) < 4.78 is 0. The molecule has 1 rings (SSSR count). The number of likely N-dealkylation sites (tertiary alicyclic amines) is 1. The van der Waals surface area contributed by atoms with E-state index in [1.807, 2.05) is 0 Å². The molecule has 19 heavy (non-hydrogen) atoms. The van der Waals surface area contributed by atoms with Gasteiger partial charge in [0.2, 0.25) is 11.8 Å². The molecule has 2 atom stereocenters. The van der Waals surface area contributed by atoms with Crippen LogP contribution in [0.25, 0.3) is 0 Å². The summed E-state index contributed by atoms with van der Waals surface area (Å²) >= 11 is 0. The van der Waals surface area contributed by atoms with Crippen LogP contribution in [0.15, 0.2) is 0 Å². The highest BCUT2D eigenvalue weighted by Gasteiger charge is 2.27. The lowest BCUT2D eigenvalue weighted by Crippen LogP contribution is -2.39. The predicted octanol–water partition coefficient (Wildman–Crippen LogP) is -0.661. The lowest BCUT2D eigenvalue weighted by atomic mass is 10.1. The van der Waals surface area contributed by atoms with Gasteiger partial charge in [-0.1, -0.05) is 0 Å². The minimum absolute atomic E-state index is 0.0656. The molecule has 0 aromatic heterocycles. The van der Waals surface area contributed by atoms with Crippen molar-refractivity contribution in [3.05, 3.63) is 0 Å². The largest absolute Gasteiger partial charge is 0.480 e. The first kappa shape index (κ1) is 15.4. The van der Waals surface area contributed by atoms with Gasteiger partial charge in [-0.05, 0) is 19.3 Å². The minimum Gasteiger partial charge on any atom is -0.480 e. The second-order valence-corrected chi connectivity index (χ2v) is 4.78. The summed E-state index contributed by atoms with van der Waals surface area (Å²) in [6.45, 7) is 2.15. The molecule has 2 amide bonds. The monoisotopic (exact) mass is 272 g/mol. The zero-order valence-corrected chi connectivity index (χ0v) is 11.0. The van der Waals surface area contributed by atoms with Crippen molar-refractivity contribution in [2.45, 2.75) is 44.8 Å². The molecule has 0 bridgehead atoms. The third-order valence-corrected chi connectivity index (χ3v) is 3.04. The van der Waals surface area contributed by atoms with Crippen molar-refractivity contribution < 1.29 is 24.6 Å². The number of aliphatic carboxylic acids is 1. The Kier molecular flexibility index (Phi) is 5.75. The van der Waals surface area contributed by atoms with Gasteiger partial charge in [0.25, 0.3) is 0 Å². The Morgan fingerprint density at radius 1 is 1.47 bits per heavy atom. The van der Waals surface area contributed by atoms with Gasteiger partial charge >= 0.3 is 5.97 Å². The van der Waals surface area contributed by atoms with Crippen LogP contribution in [0, 0.1) is 0 Å². The van der Waals surface area contributed by atoms with E-state index in [0.29, 0.717) is 32.4 Å². The first-order chi connectivity index (χ1) is 8.90. The van der Waals surface area contributed by atoms with Gasteiger partial charge < -0.3 is 20.4 Å². The molecule has 0 spiro atoms. The van der Waals surface area contributed by atoms with E-state index in [2.05, 4.69) is 5.32 Å². The van der Waals surface area contributed by atoms with Crippen LogP contribution in [0.5, 0.6) is 0 Å². The summed E-state index contributed by atoms with van der Waals surface area (Å²) in [6, 6.07) is -0.877. The Balaban J connectivity index is 2.23. The van der Waals surface area contributed by atoms with E-state index in [9.17, 15) is 19.5 Å². The van der Waals surface area contributed by atoms with E-state index in [0.717, 1.165) is 0 Å². The lowest BCUT2D eigenvalue weighted by Gasteiger charge is -2.17. The average molecular weight is 272 g/mol. The molecule has 0 radical (unpaired) electrons. The summed E-state index contributed by atoms with van der Waals surface area (Å²) in [5.74, 6) is -1.49. The van der Waals surface area contributed by atoms with Crippen LogP contribution in [0.4, 0.5) is 0 Å². The minimum atomic E-state index is -1.05. The number of aliphatic hydroxyl groups is 1. The van der Waals surface area contributed by atoms with E-state index in [1.54, 1.807) is 4.90 Å². The van der Waals surface area contributed by atoms with Crippen LogP contribution in [0.1, 0.15) is 32.6 Å². The molecule has 7 heteroatoms. The van der Waals surface area contributed by atoms with Gasteiger partial charge in [0.1, 0.15) is 6.04 Å². The fourth-order valence-electron chi connectivity index (χ4n) is 2.12. The first-order valence-corrected chi connectivity index (χ1v) is 6.36. The first-order valence-electron chi connectivity index (χ1n) is 6.36. The lowest BCUT2D eigenvalue weighted by molar-refractivity contribution is -0.141. The summed E-state index contributed by atoms with van der Waals surface area (Å²) in [4.78, 5) is 34.7. The molecule has 3 N–H and O–H groups in total. The number of carbonyl (C=O) groups is 3. The highest BCUT2D eigenvalue weighted by Crippen LogP contribution is 2.12. The van der Waals surface area contributed by atoms with Crippen molar-refractivity contribution in [1.29, 1.82) is 0 Å². The molecular formula is C12H20N2O5. The van der Waals surface area contributed by atoms with E-state index < -0.39 is 18.1 Å². The number of amides is 2. The van der Waals surface area contributed by atoms with Crippen LogP contribution in [0.2, 0.25) is 0 Å². The number of nitrogens with zero attached hydrogens (tertiary/aromatic N) is 1. The van der Waals surface area contributed by atoms with Crippen LogP contribution in [0.3, 0.4) is 0 Å². The van der Waals surface area contributed by atoms with Crippen molar-refractivity contribution in [2.24, 2.45) is 0 Å². The number of carboxylic acids is 1. The van der Waals surface area contributed by atoms with Gasteiger partial charge in [-0.2, -0.15) is 0 Å². The van der Waals surface area contributed by atoms with Gasteiger partial charge in [0.15, 0.2) is 0 Å². The van der Waals surface area contributed by atoms with E-state index in [4.69, 9.17) is 5.11 Å². The molecule has 1 saturated heterocycles. The van der Waals surface area contributed by atoms with E-state index in [1.165, 1.54) is 6.92 Å². The highest BCUT2D eigenvalue weighted by molar-refractivity contribution is 5.82. The standard InChI is InChI=1S/C12H20N2O5/c1-8(15)13-10(12(18)19)4-2-3-5-14-7-9(16)6-11(14)17/h9-10,16H,2-7H2,1H3,(H,13,15)(H,18,19)/t9?,10-/m0/s1. The maximum atomic E-state index is 11.4. The van der Waals surface area contributed by atoms with Crippen molar-refractivity contribution >= 4 is 17.8 Å². The zero-order valence-electron chi connectivity index (χ0n) is 11.0. The van der Waals surface area contributed by atoms with Gasteiger partial charge in [0.05, 0.1) is 12.5 Å². The smallest absolute Gasteiger partial charge is 0.326 e. The number of carboxylic acid groups (broad SMARTS) is 1. The number of aliphatic hydroxyl groups excluding tert-OH is 1. The zero-order chi connectivity index (χ0) is 14.4. The van der Waals surface area contributed by atoms with Crippen LogP contribution >= 0.6 is 0 Å². The normalized spacial score (nSPS) is 20.4. The maximum absolute atomic E-state index is 11.4. The fraction of sp³-hybridized carbons (Fsp3) is 0.750. The Morgan fingerprint density at radius 2 is 2.16 bits per heavy atom. The Labute approximate surface area is 111 Å². The molecule has 0 aromatic rings. The Hall–Kier alpha value is -1.63. The second kappa shape index (κ2) is 7.08. The van der Waals surface area contributed by atoms with Crippen molar-refractivity contribution in [1.82, 2.24) is 10.2 Å². The van der Waals surface area contributed by atoms with Gasteiger partial charge in [-0.25, -0.2) is 4.79 Å². The Morgan fingerprint density at radius 3 is 2.63 bits per heavy atom. The number of hydrogen-bond donors (Lipinski definition) is 3. The molecule has 1 heterocycles. The maximum Gasteiger partial charge on any atom is 0.326 e. The van der Waals surface area contributed by atoms with Crippen molar-refractivity contribution in [3.8, 4) is 0 Å². The number of hydrogen-bond acceptors (Lipinski definition) is 4. The average Bonchev–Trinajstić information content (AvgIpc) is 2.61. The van der Waals surface area contributed by atoms with Crippen LogP contribution in [-0.4, -0.2) is 58.1 Å². The van der Waals surface area contributed by atoms with Crippen LogP contribution in [-0.2, 0) is 14.4 Å². The summed E-state index contributed by atoms with van der Waals surface area (Å²) in [5, 5.41) is 20.6. The quantitative estimate of drug-likeness (QED) is 0.533. The van der Waals surface area contributed by atoms with Crippen LogP contribution < -0.4 is 5.32 Å². The highest BCUT2D eigenvalue weighted by atomic mass is 16.4. The molecule has 7 nitrogen and oxygen atoms in total. The van der Waals surface area contributed by atoms with E-state index >= 15 is 0 Å². The van der Waals surface area contributed by atoms with Gasteiger partial charge in [-0.3, -0.25) is 9.59 Å². The molecule has 1 unspecified atom stereocenters. The number of β-amino-alcohol motifs (C(OH)–C–C–N with tert-alkyl or cyclic N) is 1. The molecular weight excluding hydrogens is 252 g/mol. The molecule has 1 aliphatic heterocycles. The fourth-order valence-corrected chi connectivity index (χ4v) is 2.12. The molecule has 0 aromatic carbocycles. The molecule has 0 aliphatic carbocycles. The number of nitrogens with one attached hydrogen (secondary N) is 1. The molecule has 1 fully saturated rings. The molecule has 108 valence electrons. The summed E-state index contributed by atoms with van der Waals surface area (Å²) in [6.07, 6.45) is 1.17. The van der Waals surface area contributed by atoms with Crippen molar-refractivity contribution in [2.75, 3.05) is 13.1 Å². The van der Waals surface area contributed by atoms with Gasteiger partial charge in [-0.15, -0.1) is 0 Å². The second-order valence-electron chi connectivity index (χ2n) is 4.78. The van der Waals surface area contributed by atoms with Crippen molar-refractivity contribution in [3.63, 3.8) is 0 Å². The third-order valence-electron chi connectivity index (χ3n) is 3.04. The number of unbranched alkanes of at least 4 members (excludes halogenated alkanes) is 1. The Bertz CT molecular complexity index is 358. The SMILES string of the molecule is CC(=O)N[C@@H](CCCCN1CC(O)CC1=O)C(=O)O. The summed E-state index contributed by atoms with van der Waals surface area (Å²) in [5.41, 5.74) is 0.